The van der Waals surface area contributed by atoms with Gasteiger partial charge in [-0.3, -0.25) is 4.79 Å². The van der Waals surface area contributed by atoms with Crippen molar-refractivity contribution < 1.29 is 0 Å². The molecule has 2 heterocycles. The number of thioether (sulfide) groups is 1. The van der Waals surface area contributed by atoms with Crippen LogP contribution < -0.4 is 5.56 Å². The average Bonchev–Trinajstić information content (AvgIpc) is 3.07. The maximum absolute atomic E-state index is 12.0. The summed E-state index contributed by atoms with van der Waals surface area (Å²) in [4.78, 5) is 23.0. The molecule has 0 fully saturated rings. The molecular weight excluding hydrogens is 310 g/mol. The van der Waals surface area contributed by atoms with Crippen molar-refractivity contribution in [3.63, 3.8) is 0 Å². The van der Waals surface area contributed by atoms with Gasteiger partial charge in [0.05, 0.1) is 12.0 Å². The molecule has 0 aliphatic heterocycles. The summed E-state index contributed by atoms with van der Waals surface area (Å²) in [6.07, 6.45) is 7.17. The molecule has 0 saturated carbocycles. The standard InChI is InChI=1S/C16H13N5OS/c1-23-16-19-14(13(8-17)15(22)20-16)12-4-2-3-11(7-12)9-21-6-5-18-10-21/h2-7,10H,9H2,1H3,(H,19,20,22). The van der Waals surface area contributed by atoms with Crippen LogP contribution in [0.15, 0.2) is 52.9 Å². The predicted octanol–water partition coefficient (Wildman–Crippen LogP) is 2.28. The molecule has 0 aliphatic carbocycles. The summed E-state index contributed by atoms with van der Waals surface area (Å²) in [7, 11) is 0. The summed E-state index contributed by atoms with van der Waals surface area (Å²) in [5.74, 6) is 0. The number of H-pyrrole nitrogens is 1. The Bertz CT molecular complexity index is 924. The zero-order chi connectivity index (χ0) is 16.2. The molecule has 0 radical (unpaired) electrons. The van der Waals surface area contributed by atoms with Gasteiger partial charge in [-0.1, -0.05) is 30.0 Å². The molecule has 6 nitrogen and oxygen atoms in total. The van der Waals surface area contributed by atoms with Crippen LogP contribution in [0.1, 0.15) is 11.1 Å². The summed E-state index contributed by atoms with van der Waals surface area (Å²) in [5, 5.41) is 9.76. The number of nitriles is 1. The van der Waals surface area contributed by atoms with Gasteiger partial charge in [-0.15, -0.1) is 0 Å². The summed E-state index contributed by atoms with van der Waals surface area (Å²) in [6, 6.07) is 9.61. The Balaban J connectivity index is 2.07. The Kier molecular flexibility index (Phi) is 4.26. The molecular formula is C16H13N5OS. The SMILES string of the molecule is CSc1nc(-c2cccc(Cn3ccnc3)c2)c(C#N)c(=O)[nH]1. The summed E-state index contributed by atoms with van der Waals surface area (Å²) < 4.78 is 1.95. The van der Waals surface area contributed by atoms with Gasteiger partial charge < -0.3 is 9.55 Å². The first-order chi connectivity index (χ1) is 11.2. The van der Waals surface area contributed by atoms with Gasteiger partial charge >= 0.3 is 0 Å². The lowest BCUT2D eigenvalue weighted by Crippen LogP contribution is -2.14. The number of hydrogen-bond acceptors (Lipinski definition) is 5. The molecule has 1 aromatic carbocycles. The molecule has 0 saturated heterocycles. The van der Waals surface area contributed by atoms with E-state index in [-0.39, 0.29) is 5.56 Å². The van der Waals surface area contributed by atoms with Crippen LogP contribution in [0.5, 0.6) is 0 Å². The van der Waals surface area contributed by atoms with Crippen LogP contribution in [0.4, 0.5) is 0 Å². The van der Waals surface area contributed by atoms with Gasteiger partial charge in [0.15, 0.2) is 5.16 Å². The van der Waals surface area contributed by atoms with Crippen LogP contribution in [-0.2, 0) is 6.54 Å². The largest absolute Gasteiger partial charge is 0.333 e. The fraction of sp³-hybridized carbons (Fsp3) is 0.125. The lowest BCUT2D eigenvalue weighted by atomic mass is 10.0. The lowest BCUT2D eigenvalue weighted by molar-refractivity contribution is 0.797. The van der Waals surface area contributed by atoms with Gasteiger partial charge in [0.1, 0.15) is 11.6 Å². The Hall–Kier alpha value is -2.85. The minimum absolute atomic E-state index is 0.0302. The summed E-state index contributed by atoms with van der Waals surface area (Å²) in [6.45, 7) is 0.661. The Morgan fingerprint density at radius 3 is 3.00 bits per heavy atom. The number of benzene rings is 1. The van der Waals surface area contributed by atoms with Crippen LogP contribution in [0.25, 0.3) is 11.3 Å². The third kappa shape index (κ3) is 3.17. The molecule has 0 spiro atoms. The highest BCUT2D eigenvalue weighted by molar-refractivity contribution is 7.98. The Morgan fingerprint density at radius 2 is 2.30 bits per heavy atom. The monoisotopic (exact) mass is 323 g/mol. The van der Waals surface area contributed by atoms with Crippen molar-refractivity contribution in [3.8, 4) is 17.3 Å². The van der Waals surface area contributed by atoms with Gasteiger partial charge in [-0.05, 0) is 17.9 Å². The van der Waals surface area contributed by atoms with E-state index in [1.165, 1.54) is 11.8 Å². The van der Waals surface area contributed by atoms with E-state index in [1.54, 1.807) is 12.5 Å². The first-order valence-electron chi connectivity index (χ1n) is 6.84. The molecule has 2 aromatic heterocycles. The number of hydrogen-bond donors (Lipinski definition) is 1. The zero-order valence-electron chi connectivity index (χ0n) is 12.4. The number of nitrogens with one attached hydrogen (secondary N) is 1. The highest BCUT2D eigenvalue weighted by atomic mass is 32.2. The molecule has 0 aliphatic rings. The molecule has 114 valence electrons. The predicted molar refractivity (Wildman–Crippen MR) is 88.1 cm³/mol. The minimum Gasteiger partial charge on any atom is -0.333 e. The fourth-order valence-corrected chi connectivity index (χ4v) is 2.65. The quantitative estimate of drug-likeness (QED) is 0.588. The van der Waals surface area contributed by atoms with Crippen LogP contribution >= 0.6 is 11.8 Å². The van der Waals surface area contributed by atoms with Gasteiger partial charge in [0.2, 0.25) is 0 Å². The van der Waals surface area contributed by atoms with Crippen LogP contribution in [0.3, 0.4) is 0 Å². The van der Waals surface area contributed by atoms with Crippen molar-refractivity contribution in [2.24, 2.45) is 0 Å². The number of rotatable bonds is 4. The Labute approximate surface area is 136 Å². The van der Waals surface area contributed by atoms with Crippen LogP contribution in [0, 0.1) is 11.3 Å². The van der Waals surface area contributed by atoms with Crippen molar-refractivity contribution in [1.29, 1.82) is 5.26 Å². The van der Waals surface area contributed by atoms with Crippen molar-refractivity contribution in [2.75, 3.05) is 6.26 Å². The van der Waals surface area contributed by atoms with Crippen molar-refractivity contribution in [1.82, 2.24) is 19.5 Å². The van der Waals surface area contributed by atoms with Crippen molar-refractivity contribution >= 4 is 11.8 Å². The highest BCUT2D eigenvalue weighted by Gasteiger charge is 2.13. The number of aromatic amines is 1. The lowest BCUT2D eigenvalue weighted by Gasteiger charge is -2.08. The summed E-state index contributed by atoms with van der Waals surface area (Å²) in [5.41, 5.74) is 1.82. The molecule has 0 amide bonds. The van der Waals surface area contributed by atoms with Gasteiger partial charge in [-0.2, -0.15) is 5.26 Å². The first-order valence-corrected chi connectivity index (χ1v) is 8.07. The molecule has 0 bridgehead atoms. The molecule has 1 N–H and O–H groups in total. The number of nitrogens with zero attached hydrogens (tertiary/aromatic N) is 4. The number of imidazole rings is 1. The second-order valence-electron chi connectivity index (χ2n) is 4.85. The topological polar surface area (TPSA) is 87.4 Å². The molecule has 7 heteroatoms. The first kappa shape index (κ1) is 15.1. The molecule has 3 rings (SSSR count). The maximum atomic E-state index is 12.0. The smallest absolute Gasteiger partial charge is 0.270 e. The zero-order valence-corrected chi connectivity index (χ0v) is 13.2. The molecule has 0 atom stereocenters. The van der Waals surface area contributed by atoms with E-state index in [2.05, 4.69) is 15.0 Å². The molecule has 0 unspecified atom stereocenters. The summed E-state index contributed by atoms with van der Waals surface area (Å²) >= 11 is 1.33. The average molecular weight is 323 g/mol. The van der Waals surface area contributed by atoms with E-state index < -0.39 is 5.56 Å². The van der Waals surface area contributed by atoms with E-state index in [0.717, 1.165) is 11.1 Å². The van der Waals surface area contributed by atoms with Gasteiger partial charge in [-0.25, -0.2) is 9.97 Å². The third-order valence-corrected chi connectivity index (χ3v) is 3.91. The van der Waals surface area contributed by atoms with Crippen LogP contribution in [-0.4, -0.2) is 25.8 Å². The molecule has 3 aromatic rings. The van der Waals surface area contributed by atoms with Crippen molar-refractivity contribution in [3.05, 3.63) is 64.5 Å². The van der Waals surface area contributed by atoms with E-state index in [0.29, 0.717) is 17.4 Å². The maximum Gasteiger partial charge on any atom is 0.270 e. The van der Waals surface area contributed by atoms with Gasteiger partial charge in [0.25, 0.3) is 5.56 Å². The third-order valence-electron chi connectivity index (χ3n) is 3.33. The van der Waals surface area contributed by atoms with E-state index >= 15 is 0 Å². The van der Waals surface area contributed by atoms with E-state index in [9.17, 15) is 10.1 Å². The Morgan fingerprint density at radius 1 is 1.43 bits per heavy atom. The number of aromatic nitrogens is 4. The second-order valence-corrected chi connectivity index (χ2v) is 5.64. The van der Waals surface area contributed by atoms with Crippen LogP contribution in [0.2, 0.25) is 0 Å². The van der Waals surface area contributed by atoms with E-state index in [4.69, 9.17) is 0 Å². The minimum atomic E-state index is -0.415. The fourth-order valence-electron chi connectivity index (χ4n) is 2.27. The van der Waals surface area contributed by atoms with E-state index in [1.807, 2.05) is 47.4 Å². The molecule has 23 heavy (non-hydrogen) atoms. The normalized spacial score (nSPS) is 10.4. The van der Waals surface area contributed by atoms with Crippen molar-refractivity contribution in [2.45, 2.75) is 11.7 Å². The van der Waals surface area contributed by atoms with Gasteiger partial charge in [0, 0.05) is 24.5 Å². The second kappa shape index (κ2) is 6.50. The highest BCUT2D eigenvalue weighted by Crippen LogP contribution is 2.22.